The van der Waals surface area contributed by atoms with Gasteiger partial charge in [-0.2, -0.15) is 0 Å². The first kappa shape index (κ1) is 24.8. The van der Waals surface area contributed by atoms with Crippen molar-refractivity contribution in [3.63, 3.8) is 0 Å². The van der Waals surface area contributed by atoms with E-state index in [0.717, 1.165) is 31.2 Å². The van der Waals surface area contributed by atoms with Crippen LogP contribution in [0, 0.1) is 0 Å². The molecule has 0 bridgehead atoms. The van der Waals surface area contributed by atoms with E-state index in [-0.39, 0.29) is 23.4 Å². The van der Waals surface area contributed by atoms with Crippen LogP contribution >= 0.6 is 0 Å². The quantitative estimate of drug-likeness (QED) is 0.419. The standard InChI is InChI=1S/C28H32N2O4S/c1-34-26-18-16-25(17-19-26)30(21-22-10-5-4-6-11-22)35(32,33)27-15-9-12-23(20-27)28(31)29-24-13-7-2-3-8-14-24/h4-6,9-12,15-20,24H,2-3,7-8,13-14,21H2,1H3,(H,29,31). The molecule has 184 valence electrons. The molecule has 0 radical (unpaired) electrons. The largest absolute Gasteiger partial charge is 0.497 e. The summed E-state index contributed by atoms with van der Waals surface area (Å²) in [4.78, 5) is 13.1. The summed E-state index contributed by atoms with van der Waals surface area (Å²) in [6, 6.07) is 22.8. The Morgan fingerprint density at radius 2 is 1.60 bits per heavy atom. The van der Waals surface area contributed by atoms with Gasteiger partial charge in [0, 0.05) is 11.6 Å². The monoisotopic (exact) mass is 492 g/mol. The van der Waals surface area contributed by atoms with E-state index >= 15 is 0 Å². The van der Waals surface area contributed by atoms with Gasteiger partial charge >= 0.3 is 0 Å². The van der Waals surface area contributed by atoms with E-state index in [9.17, 15) is 13.2 Å². The zero-order chi connectivity index (χ0) is 24.7. The Balaban J connectivity index is 1.63. The molecule has 1 aliphatic carbocycles. The van der Waals surface area contributed by atoms with Crippen molar-refractivity contribution in [2.24, 2.45) is 0 Å². The Hall–Kier alpha value is -3.32. The fourth-order valence-electron chi connectivity index (χ4n) is 4.43. The fourth-order valence-corrected chi connectivity index (χ4v) is 5.93. The van der Waals surface area contributed by atoms with Crippen LogP contribution in [0.4, 0.5) is 5.69 Å². The molecule has 0 aliphatic heterocycles. The summed E-state index contributed by atoms with van der Waals surface area (Å²) >= 11 is 0. The van der Waals surface area contributed by atoms with Crippen LogP contribution < -0.4 is 14.4 Å². The number of methoxy groups -OCH3 is 1. The maximum Gasteiger partial charge on any atom is 0.264 e. The van der Waals surface area contributed by atoms with Crippen LogP contribution in [-0.4, -0.2) is 27.5 Å². The number of sulfonamides is 1. The van der Waals surface area contributed by atoms with Crippen molar-refractivity contribution >= 4 is 21.6 Å². The van der Waals surface area contributed by atoms with Gasteiger partial charge in [-0.25, -0.2) is 8.42 Å². The third-order valence-electron chi connectivity index (χ3n) is 6.40. The van der Waals surface area contributed by atoms with E-state index in [0.29, 0.717) is 17.0 Å². The molecular formula is C28H32N2O4S. The number of carbonyl (C=O) groups is 1. The van der Waals surface area contributed by atoms with Gasteiger partial charge in [0.2, 0.25) is 0 Å². The fraction of sp³-hybridized carbons (Fsp3) is 0.321. The van der Waals surface area contributed by atoms with Crippen molar-refractivity contribution < 1.29 is 17.9 Å². The minimum Gasteiger partial charge on any atom is -0.497 e. The number of hydrogen-bond acceptors (Lipinski definition) is 4. The number of rotatable bonds is 8. The second-order valence-electron chi connectivity index (χ2n) is 8.89. The summed E-state index contributed by atoms with van der Waals surface area (Å²) in [6.07, 6.45) is 6.54. The molecule has 0 heterocycles. The Morgan fingerprint density at radius 1 is 0.914 bits per heavy atom. The number of anilines is 1. The minimum atomic E-state index is -3.95. The highest BCUT2D eigenvalue weighted by Crippen LogP contribution is 2.28. The molecule has 3 aromatic carbocycles. The first-order valence-electron chi connectivity index (χ1n) is 12.1. The normalized spacial score (nSPS) is 14.7. The van der Waals surface area contributed by atoms with Crippen LogP contribution in [0.2, 0.25) is 0 Å². The molecule has 0 unspecified atom stereocenters. The highest BCUT2D eigenvalue weighted by atomic mass is 32.2. The van der Waals surface area contributed by atoms with Crippen molar-refractivity contribution in [3.05, 3.63) is 90.0 Å². The number of carbonyl (C=O) groups excluding carboxylic acids is 1. The highest BCUT2D eigenvalue weighted by Gasteiger charge is 2.26. The summed E-state index contributed by atoms with van der Waals surface area (Å²) < 4.78 is 34.3. The van der Waals surface area contributed by atoms with Crippen molar-refractivity contribution in [2.75, 3.05) is 11.4 Å². The maximum absolute atomic E-state index is 13.9. The molecule has 0 aromatic heterocycles. The Morgan fingerprint density at radius 3 is 2.26 bits per heavy atom. The van der Waals surface area contributed by atoms with E-state index < -0.39 is 10.0 Å². The second-order valence-corrected chi connectivity index (χ2v) is 10.7. The molecule has 6 nitrogen and oxygen atoms in total. The van der Waals surface area contributed by atoms with Gasteiger partial charge in [0.1, 0.15) is 5.75 Å². The van der Waals surface area contributed by atoms with Crippen LogP contribution in [0.1, 0.15) is 54.4 Å². The first-order valence-corrected chi connectivity index (χ1v) is 13.5. The van der Waals surface area contributed by atoms with Crippen LogP contribution in [0.3, 0.4) is 0 Å². The lowest BCUT2D eigenvalue weighted by atomic mass is 10.1. The van der Waals surface area contributed by atoms with Gasteiger partial charge in [-0.15, -0.1) is 0 Å². The van der Waals surface area contributed by atoms with Crippen molar-refractivity contribution in [1.29, 1.82) is 0 Å². The van der Waals surface area contributed by atoms with E-state index in [1.165, 1.54) is 23.2 Å². The smallest absolute Gasteiger partial charge is 0.264 e. The average Bonchev–Trinajstić information content (AvgIpc) is 3.16. The molecule has 1 amide bonds. The number of ether oxygens (including phenoxy) is 1. The summed E-state index contributed by atoms with van der Waals surface area (Å²) in [6.45, 7) is 0.161. The summed E-state index contributed by atoms with van der Waals surface area (Å²) in [5.41, 5.74) is 1.72. The molecule has 0 saturated heterocycles. The number of nitrogens with one attached hydrogen (secondary N) is 1. The van der Waals surface area contributed by atoms with Gasteiger partial charge in [-0.05, 0) is 60.9 Å². The average molecular weight is 493 g/mol. The molecule has 1 N–H and O–H groups in total. The van der Waals surface area contributed by atoms with E-state index in [1.807, 2.05) is 30.3 Å². The van der Waals surface area contributed by atoms with Crippen LogP contribution in [0.25, 0.3) is 0 Å². The molecule has 3 aromatic rings. The van der Waals surface area contributed by atoms with Gasteiger partial charge in [-0.3, -0.25) is 9.10 Å². The van der Waals surface area contributed by atoms with Crippen LogP contribution in [-0.2, 0) is 16.6 Å². The molecule has 7 heteroatoms. The molecule has 35 heavy (non-hydrogen) atoms. The Kier molecular flexibility index (Phi) is 8.08. The third-order valence-corrected chi connectivity index (χ3v) is 8.17. The van der Waals surface area contributed by atoms with Gasteiger partial charge in [0.15, 0.2) is 0 Å². The number of nitrogens with zero attached hydrogens (tertiary/aromatic N) is 1. The highest BCUT2D eigenvalue weighted by molar-refractivity contribution is 7.92. The molecule has 0 atom stereocenters. The lowest BCUT2D eigenvalue weighted by molar-refractivity contribution is 0.0933. The van der Waals surface area contributed by atoms with Gasteiger partial charge in [0.25, 0.3) is 15.9 Å². The lowest BCUT2D eigenvalue weighted by Crippen LogP contribution is -2.35. The number of amides is 1. The number of benzene rings is 3. The maximum atomic E-state index is 13.9. The van der Waals surface area contributed by atoms with Crippen molar-refractivity contribution in [1.82, 2.24) is 5.32 Å². The van der Waals surface area contributed by atoms with Gasteiger partial charge in [-0.1, -0.05) is 62.1 Å². The molecular weight excluding hydrogens is 460 g/mol. The summed E-state index contributed by atoms with van der Waals surface area (Å²) in [7, 11) is -2.39. The van der Waals surface area contributed by atoms with Crippen LogP contribution in [0.5, 0.6) is 5.75 Å². The lowest BCUT2D eigenvalue weighted by Gasteiger charge is -2.25. The topological polar surface area (TPSA) is 75.7 Å². The molecule has 1 fully saturated rings. The Labute approximate surface area is 208 Å². The molecule has 0 spiro atoms. The van der Waals surface area contributed by atoms with E-state index in [2.05, 4.69) is 5.32 Å². The zero-order valence-electron chi connectivity index (χ0n) is 20.0. The first-order chi connectivity index (χ1) is 17.0. The predicted molar refractivity (Wildman–Crippen MR) is 138 cm³/mol. The van der Waals surface area contributed by atoms with Crippen molar-refractivity contribution in [3.8, 4) is 5.75 Å². The number of hydrogen-bond donors (Lipinski definition) is 1. The Bertz CT molecular complexity index is 1220. The molecule has 1 aliphatic rings. The summed E-state index contributed by atoms with van der Waals surface area (Å²) in [5.74, 6) is 0.413. The van der Waals surface area contributed by atoms with Crippen molar-refractivity contribution in [2.45, 2.75) is 56.0 Å². The molecule has 4 rings (SSSR count). The zero-order valence-corrected chi connectivity index (χ0v) is 20.8. The third kappa shape index (κ3) is 6.22. The SMILES string of the molecule is COc1ccc(N(Cc2ccccc2)S(=O)(=O)c2cccc(C(=O)NC3CCCCCC3)c2)cc1. The molecule has 1 saturated carbocycles. The second kappa shape index (κ2) is 11.4. The van der Waals surface area contributed by atoms with E-state index in [4.69, 9.17) is 4.74 Å². The minimum absolute atomic E-state index is 0.0813. The predicted octanol–water partition coefficient (Wildman–Crippen LogP) is 5.54. The van der Waals surface area contributed by atoms with Gasteiger partial charge < -0.3 is 10.1 Å². The van der Waals surface area contributed by atoms with E-state index in [1.54, 1.807) is 49.6 Å². The van der Waals surface area contributed by atoms with Gasteiger partial charge in [0.05, 0.1) is 24.2 Å². The van der Waals surface area contributed by atoms with Crippen LogP contribution in [0.15, 0.2) is 83.8 Å². The summed E-state index contributed by atoms with van der Waals surface area (Å²) in [5, 5.41) is 3.11.